The molecule has 0 aliphatic carbocycles. The van der Waals surface area contributed by atoms with Crippen LogP contribution in [0.3, 0.4) is 0 Å². The van der Waals surface area contributed by atoms with Crippen LogP contribution in [0.5, 0.6) is 0 Å². The molecule has 1 aromatic carbocycles. The van der Waals surface area contributed by atoms with E-state index in [9.17, 15) is 4.79 Å². The van der Waals surface area contributed by atoms with Crippen LogP contribution >= 0.6 is 0 Å². The molecular weight excluding hydrogens is 232 g/mol. The van der Waals surface area contributed by atoms with Crippen LogP contribution in [0.2, 0.25) is 0 Å². The number of aromatic nitrogens is 2. The van der Waals surface area contributed by atoms with Crippen LogP contribution in [-0.4, -0.2) is 16.0 Å². The normalized spacial score (nSPS) is 10.3. The maximum absolute atomic E-state index is 11.8. The van der Waals surface area contributed by atoms with E-state index in [0.29, 0.717) is 12.4 Å². The first-order valence-electron chi connectivity index (χ1n) is 5.56. The van der Waals surface area contributed by atoms with Crippen molar-refractivity contribution in [2.45, 2.75) is 19.9 Å². The molecule has 18 heavy (non-hydrogen) atoms. The predicted molar refractivity (Wildman–Crippen MR) is 65.7 cm³/mol. The first-order valence-corrected chi connectivity index (χ1v) is 5.56. The number of carbonyl (C=O) groups is 1. The summed E-state index contributed by atoms with van der Waals surface area (Å²) >= 11 is 0. The number of rotatable bonds is 4. The van der Waals surface area contributed by atoms with E-state index in [-0.39, 0.29) is 18.3 Å². The Morgan fingerprint density at radius 3 is 2.72 bits per heavy atom. The van der Waals surface area contributed by atoms with E-state index < -0.39 is 0 Å². The molecular formula is C12H14N4O2. The summed E-state index contributed by atoms with van der Waals surface area (Å²) in [6.45, 7) is 2.09. The number of hydrogen-bond donors (Lipinski definition) is 2. The number of benzene rings is 1. The van der Waals surface area contributed by atoms with Crippen LogP contribution in [0, 0.1) is 6.92 Å². The van der Waals surface area contributed by atoms with Gasteiger partial charge in [-0.05, 0) is 18.1 Å². The summed E-state index contributed by atoms with van der Waals surface area (Å²) in [5, 5.41) is 6.13. The maximum Gasteiger partial charge on any atom is 0.328 e. The third-order valence-electron chi connectivity index (χ3n) is 2.46. The van der Waals surface area contributed by atoms with Crippen molar-refractivity contribution in [3.05, 3.63) is 41.2 Å². The van der Waals surface area contributed by atoms with Gasteiger partial charge in [0, 0.05) is 6.54 Å². The van der Waals surface area contributed by atoms with Gasteiger partial charge in [-0.25, -0.2) is 0 Å². The van der Waals surface area contributed by atoms with Gasteiger partial charge in [-0.3, -0.25) is 10.1 Å². The Labute approximate surface area is 104 Å². The minimum atomic E-state index is -0.209. The SMILES string of the molecule is Cc1noc(NC(=O)Cc2ccccc2CN)n1. The molecule has 94 valence electrons. The zero-order valence-corrected chi connectivity index (χ0v) is 10.0. The summed E-state index contributed by atoms with van der Waals surface area (Å²) < 4.78 is 4.81. The lowest BCUT2D eigenvalue weighted by atomic mass is 10.0. The van der Waals surface area contributed by atoms with Crippen LogP contribution in [0.1, 0.15) is 17.0 Å². The van der Waals surface area contributed by atoms with E-state index in [0.717, 1.165) is 11.1 Å². The zero-order chi connectivity index (χ0) is 13.0. The van der Waals surface area contributed by atoms with Gasteiger partial charge in [-0.1, -0.05) is 29.4 Å². The molecule has 0 aliphatic rings. The van der Waals surface area contributed by atoms with Crippen molar-refractivity contribution in [1.29, 1.82) is 0 Å². The molecule has 0 radical (unpaired) electrons. The third-order valence-corrected chi connectivity index (χ3v) is 2.46. The Hall–Kier alpha value is -2.21. The van der Waals surface area contributed by atoms with E-state index in [1.54, 1.807) is 6.92 Å². The highest BCUT2D eigenvalue weighted by Gasteiger charge is 2.10. The summed E-state index contributed by atoms with van der Waals surface area (Å²) in [6.07, 6.45) is 0.231. The second-order valence-electron chi connectivity index (χ2n) is 3.84. The Morgan fingerprint density at radius 2 is 2.11 bits per heavy atom. The van der Waals surface area contributed by atoms with Crippen molar-refractivity contribution in [3.63, 3.8) is 0 Å². The summed E-state index contributed by atoms with van der Waals surface area (Å²) in [6, 6.07) is 7.66. The van der Waals surface area contributed by atoms with Gasteiger partial charge in [0.2, 0.25) is 5.91 Å². The Bertz CT molecular complexity index is 551. The number of amides is 1. The first kappa shape index (κ1) is 12.3. The zero-order valence-electron chi connectivity index (χ0n) is 10.0. The molecule has 0 saturated heterocycles. The monoisotopic (exact) mass is 246 g/mol. The molecule has 0 saturated carbocycles. The highest BCUT2D eigenvalue weighted by molar-refractivity contribution is 5.90. The molecule has 0 fully saturated rings. The molecule has 1 aromatic heterocycles. The lowest BCUT2D eigenvalue weighted by Gasteiger charge is -2.06. The number of hydrogen-bond acceptors (Lipinski definition) is 5. The average molecular weight is 246 g/mol. The van der Waals surface area contributed by atoms with Gasteiger partial charge in [0.1, 0.15) is 0 Å². The summed E-state index contributed by atoms with van der Waals surface area (Å²) in [4.78, 5) is 15.7. The van der Waals surface area contributed by atoms with Gasteiger partial charge in [0.05, 0.1) is 6.42 Å². The molecule has 6 heteroatoms. The molecule has 2 rings (SSSR count). The standard InChI is InChI=1S/C12H14N4O2/c1-8-14-12(18-16-8)15-11(17)6-9-4-2-3-5-10(9)7-13/h2-5H,6-7,13H2,1H3,(H,14,15,16,17). The molecule has 0 unspecified atom stereocenters. The largest absolute Gasteiger partial charge is 0.328 e. The second kappa shape index (κ2) is 5.42. The number of aryl methyl sites for hydroxylation is 1. The Morgan fingerprint density at radius 1 is 1.39 bits per heavy atom. The van der Waals surface area contributed by atoms with Crippen LogP contribution in [0.25, 0.3) is 0 Å². The number of nitrogens with one attached hydrogen (secondary N) is 1. The molecule has 0 bridgehead atoms. The predicted octanol–water partition coefficient (Wildman–Crippen LogP) is 1.02. The summed E-state index contributed by atoms with van der Waals surface area (Å²) in [5.74, 6) is 0.271. The molecule has 0 spiro atoms. The van der Waals surface area contributed by atoms with Gasteiger partial charge in [0.15, 0.2) is 5.82 Å². The van der Waals surface area contributed by atoms with E-state index in [1.165, 1.54) is 0 Å². The first-order chi connectivity index (χ1) is 8.69. The van der Waals surface area contributed by atoms with Crippen LogP contribution in [0.15, 0.2) is 28.8 Å². The van der Waals surface area contributed by atoms with E-state index in [4.69, 9.17) is 10.3 Å². The smallest absolute Gasteiger partial charge is 0.326 e. The van der Waals surface area contributed by atoms with Crippen LogP contribution in [-0.2, 0) is 17.8 Å². The summed E-state index contributed by atoms with van der Waals surface area (Å²) in [5.41, 5.74) is 7.46. The van der Waals surface area contributed by atoms with Crippen molar-refractivity contribution in [2.75, 3.05) is 5.32 Å². The van der Waals surface area contributed by atoms with Crippen molar-refractivity contribution >= 4 is 11.9 Å². The van der Waals surface area contributed by atoms with E-state index >= 15 is 0 Å². The molecule has 2 aromatic rings. The van der Waals surface area contributed by atoms with E-state index in [1.807, 2.05) is 24.3 Å². The van der Waals surface area contributed by atoms with Gasteiger partial charge < -0.3 is 10.3 Å². The molecule has 0 aliphatic heterocycles. The van der Waals surface area contributed by atoms with E-state index in [2.05, 4.69) is 15.5 Å². The Balaban J connectivity index is 2.03. The maximum atomic E-state index is 11.8. The fourth-order valence-corrected chi connectivity index (χ4v) is 1.61. The number of nitrogens with zero attached hydrogens (tertiary/aromatic N) is 2. The van der Waals surface area contributed by atoms with Crippen LogP contribution in [0.4, 0.5) is 6.01 Å². The van der Waals surface area contributed by atoms with Crippen LogP contribution < -0.4 is 11.1 Å². The fraction of sp³-hybridized carbons (Fsp3) is 0.250. The number of anilines is 1. The minimum Gasteiger partial charge on any atom is -0.326 e. The lowest BCUT2D eigenvalue weighted by Crippen LogP contribution is -2.16. The molecule has 6 nitrogen and oxygen atoms in total. The quantitative estimate of drug-likeness (QED) is 0.839. The fourth-order valence-electron chi connectivity index (χ4n) is 1.61. The van der Waals surface area contributed by atoms with Crippen molar-refractivity contribution in [1.82, 2.24) is 10.1 Å². The van der Waals surface area contributed by atoms with Gasteiger partial charge in [-0.15, -0.1) is 0 Å². The molecule has 1 heterocycles. The van der Waals surface area contributed by atoms with Crippen molar-refractivity contribution in [3.8, 4) is 0 Å². The highest BCUT2D eigenvalue weighted by atomic mass is 16.5. The summed E-state index contributed by atoms with van der Waals surface area (Å²) in [7, 11) is 0. The van der Waals surface area contributed by atoms with Crippen molar-refractivity contribution in [2.24, 2.45) is 5.73 Å². The van der Waals surface area contributed by atoms with Crippen molar-refractivity contribution < 1.29 is 9.32 Å². The van der Waals surface area contributed by atoms with Gasteiger partial charge in [-0.2, -0.15) is 4.98 Å². The number of carbonyl (C=O) groups excluding carboxylic acids is 1. The van der Waals surface area contributed by atoms with Gasteiger partial charge >= 0.3 is 6.01 Å². The minimum absolute atomic E-state index is 0.114. The molecule has 0 atom stereocenters. The molecule has 3 N–H and O–H groups in total. The topological polar surface area (TPSA) is 94.0 Å². The number of nitrogens with two attached hydrogens (primary N) is 1. The second-order valence-corrected chi connectivity index (χ2v) is 3.84. The van der Waals surface area contributed by atoms with Gasteiger partial charge in [0.25, 0.3) is 0 Å². The lowest BCUT2D eigenvalue weighted by molar-refractivity contribution is -0.115. The highest BCUT2D eigenvalue weighted by Crippen LogP contribution is 2.10. The molecule has 1 amide bonds. The third kappa shape index (κ3) is 2.92. The Kier molecular flexibility index (Phi) is 3.69. The average Bonchev–Trinajstić information content (AvgIpc) is 2.75.